The number of aryl methyl sites for hydroxylation is 1. The Kier molecular flexibility index (Phi) is 9.37. The fourth-order valence-electron chi connectivity index (χ4n) is 4.65. The second kappa shape index (κ2) is 12.4. The number of ether oxygens (including phenoxy) is 1. The van der Waals surface area contributed by atoms with E-state index in [1.807, 2.05) is 18.3 Å². The number of ketones is 2. The summed E-state index contributed by atoms with van der Waals surface area (Å²) >= 11 is 0. The first-order valence-corrected chi connectivity index (χ1v) is 12.3. The quantitative estimate of drug-likeness (QED) is 0.262. The van der Waals surface area contributed by atoms with Crippen molar-refractivity contribution in [3.8, 4) is 0 Å². The molecule has 2 aliphatic rings. The van der Waals surface area contributed by atoms with E-state index in [4.69, 9.17) is 4.74 Å². The number of nitrogens with zero attached hydrogens (tertiary/aromatic N) is 1. The van der Waals surface area contributed by atoms with Crippen molar-refractivity contribution in [2.45, 2.75) is 78.1 Å². The first kappa shape index (κ1) is 25.6. The summed E-state index contributed by atoms with van der Waals surface area (Å²) in [4.78, 5) is 42.0. The predicted molar refractivity (Wildman–Crippen MR) is 130 cm³/mol. The van der Waals surface area contributed by atoms with Crippen molar-refractivity contribution >= 4 is 17.5 Å². The molecule has 34 heavy (non-hydrogen) atoms. The molecule has 0 bridgehead atoms. The predicted octanol–water partition coefficient (Wildman–Crippen LogP) is 5.53. The second-order valence-corrected chi connectivity index (χ2v) is 9.36. The number of aromatic nitrogens is 1. The molecule has 1 aromatic heterocycles. The summed E-state index contributed by atoms with van der Waals surface area (Å²) in [6.45, 7) is 3.62. The molecule has 1 saturated carbocycles. The summed E-state index contributed by atoms with van der Waals surface area (Å²) in [7, 11) is 0. The van der Waals surface area contributed by atoms with Gasteiger partial charge < -0.3 is 9.84 Å². The van der Waals surface area contributed by atoms with Crippen LogP contribution < -0.4 is 0 Å². The van der Waals surface area contributed by atoms with Crippen LogP contribution in [0.25, 0.3) is 0 Å². The van der Waals surface area contributed by atoms with E-state index in [2.05, 4.69) is 4.98 Å². The molecule has 3 rings (SSSR count). The van der Waals surface area contributed by atoms with Crippen molar-refractivity contribution in [2.75, 3.05) is 6.61 Å². The highest BCUT2D eigenvalue weighted by Gasteiger charge is 2.32. The summed E-state index contributed by atoms with van der Waals surface area (Å²) in [6, 6.07) is 3.93. The molecular formula is C28H35NO5. The number of carbonyl (C=O) groups excluding carboxylic acids is 2. The van der Waals surface area contributed by atoms with Gasteiger partial charge in [-0.25, -0.2) is 4.79 Å². The van der Waals surface area contributed by atoms with Gasteiger partial charge in [-0.3, -0.25) is 14.6 Å². The lowest BCUT2D eigenvalue weighted by Crippen LogP contribution is -2.25. The molecule has 6 nitrogen and oxygen atoms in total. The highest BCUT2D eigenvalue weighted by atomic mass is 16.5. The molecule has 0 atom stereocenters. The van der Waals surface area contributed by atoms with E-state index >= 15 is 0 Å². The minimum Gasteiger partial charge on any atom is -0.489 e. The highest BCUT2D eigenvalue weighted by molar-refractivity contribution is 6.25. The molecule has 0 aromatic carbocycles. The van der Waals surface area contributed by atoms with Gasteiger partial charge in [0, 0.05) is 34.7 Å². The molecule has 0 saturated heterocycles. The van der Waals surface area contributed by atoms with E-state index in [9.17, 15) is 19.5 Å². The number of hydrogen-bond donors (Lipinski definition) is 1. The molecule has 1 heterocycles. The summed E-state index contributed by atoms with van der Waals surface area (Å²) in [5, 5.41) is 9.73. The first-order valence-electron chi connectivity index (χ1n) is 12.3. The minimum atomic E-state index is -1.07. The molecule has 1 aromatic rings. The van der Waals surface area contributed by atoms with Crippen LogP contribution in [0.3, 0.4) is 0 Å². The number of unbranched alkanes of at least 4 members (excludes halogenated alkanes) is 2. The van der Waals surface area contributed by atoms with Crippen molar-refractivity contribution in [3.05, 3.63) is 64.2 Å². The van der Waals surface area contributed by atoms with Crippen molar-refractivity contribution in [1.29, 1.82) is 0 Å². The minimum absolute atomic E-state index is 0.0774. The smallest absolute Gasteiger partial charge is 0.331 e. The third-order valence-corrected chi connectivity index (χ3v) is 6.79. The third kappa shape index (κ3) is 6.75. The lowest BCUT2D eigenvalue weighted by Gasteiger charge is -2.25. The Balaban J connectivity index is 1.64. The van der Waals surface area contributed by atoms with Crippen molar-refractivity contribution in [2.24, 2.45) is 5.92 Å². The number of carboxylic acid groups (broad SMARTS) is 1. The SMILES string of the molecule is CC1=C(/C=C(\CCCCCc2cccnc2)C(=O)O)C(=O)C(OCC2CCCCC2)=C(C)C1=O. The normalized spacial score (nSPS) is 18.0. The van der Waals surface area contributed by atoms with Crippen LogP contribution in [-0.4, -0.2) is 34.2 Å². The van der Waals surface area contributed by atoms with Gasteiger partial charge in [-0.1, -0.05) is 31.7 Å². The molecule has 0 unspecified atom stereocenters. The van der Waals surface area contributed by atoms with E-state index in [0.29, 0.717) is 30.9 Å². The average molecular weight is 466 g/mol. The topological polar surface area (TPSA) is 93.6 Å². The Morgan fingerprint density at radius 2 is 1.85 bits per heavy atom. The highest BCUT2D eigenvalue weighted by Crippen LogP contribution is 2.30. The zero-order chi connectivity index (χ0) is 24.5. The summed E-state index contributed by atoms with van der Waals surface area (Å²) in [6.07, 6.45) is 14.4. The van der Waals surface area contributed by atoms with Gasteiger partial charge in [0.15, 0.2) is 11.5 Å². The lowest BCUT2D eigenvalue weighted by atomic mass is 9.87. The van der Waals surface area contributed by atoms with Crippen LogP contribution in [0.5, 0.6) is 0 Å². The summed E-state index contributed by atoms with van der Waals surface area (Å²) in [5.74, 6) is -1.24. The molecule has 1 N–H and O–H groups in total. The number of Topliss-reactive ketones (excluding diaryl/α,β-unsaturated/α-hetero) is 2. The number of carboxylic acids is 1. The van der Waals surface area contributed by atoms with Crippen molar-refractivity contribution in [3.63, 3.8) is 0 Å². The number of allylic oxidation sites excluding steroid dienone is 4. The Morgan fingerprint density at radius 3 is 2.53 bits per heavy atom. The Hall–Kier alpha value is -3.02. The molecule has 0 radical (unpaired) electrons. The Bertz CT molecular complexity index is 997. The zero-order valence-electron chi connectivity index (χ0n) is 20.3. The van der Waals surface area contributed by atoms with Gasteiger partial charge in [-0.15, -0.1) is 0 Å². The van der Waals surface area contributed by atoms with Crippen LogP contribution in [0.15, 0.2) is 58.7 Å². The maximum atomic E-state index is 13.2. The molecule has 6 heteroatoms. The largest absolute Gasteiger partial charge is 0.489 e. The van der Waals surface area contributed by atoms with Crippen molar-refractivity contribution < 1.29 is 24.2 Å². The molecule has 0 aliphatic heterocycles. The molecular weight excluding hydrogens is 430 g/mol. The second-order valence-electron chi connectivity index (χ2n) is 9.36. The summed E-state index contributed by atoms with van der Waals surface area (Å²) < 4.78 is 5.89. The Labute approximate surface area is 201 Å². The average Bonchev–Trinajstić information content (AvgIpc) is 2.85. The number of aliphatic carboxylic acids is 1. The van der Waals surface area contributed by atoms with E-state index in [0.717, 1.165) is 50.5 Å². The molecule has 2 aliphatic carbocycles. The molecule has 0 spiro atoms. The van der Waals surface area contributed by atoms with E-state index < -0.39 is 5.97 Å². The molecule has 1 fully saturated rings. The Morgan fingerprint density at radius 1 is 1.09 bits per heavy atom. The van der Waals surface area contributed by atoms with Crippen LogP contribution in [0.4, 0.5) is 0 Å². The summed E-state index contributed by atoms with van der Waals surface area (Å²) in [5.41, 5.74) is 2.03. The first-order chi connectivity index (χ1) is 16.4. The number of carbonyl (C=O) groups is 3. The van der Waals surface area contributed by atoms with Crippen LogP contribution in [-0.2, 0) is 25.5 Å². The van der Waals surface area contributed by atoms with Gasteiger partial charge in [0.25, 0.3) is 0 Å². The van der Waals surface area contributed by atoms with Crippen LogP contribution in [0.2, 0.25) is 0 Å². The third-order valence-electron chi connectivity index (χ3n) is 6.79. The number of hydrogen-bond acceptors (Lipinski definition) is 5. The van der Waals surface area contributed by atoms with Crippen LogP contribution >= 0.6 is 0 Å². The van der Waals surface area contributed by atoms with Gasteiger partial charge in [-0.05, 0) is 76.0 Å². The van der Waals surface area contributed by atoms with Gasteiger partial charge in [0.2, 0.25) is 5.78 Å². The lowest BCUT2D eigenvalue weighted by molar-refractivity contribution is -0.132. The van der Waals surface area contributed by atoms with E-state index in [1.54, 1.807) is 20.0 Å². The van der Waals surface area contributed by atoms with Gasteiger partial charge in [0.1, 0.15) is 0 Å². The van der Waals surface area contributed by atoms with Gasteiger partial charge >= 0.3 is 5.97 Å². The van der Waals surface area contributed by atoms with Crippen LogP contribution in [0, 0.1) is 5.92 Å². The maximum Gasteiger partial charge on any atom is 0.331 e. The number of pyridine rings is 1. The van der Waals surface area contributed by atoms with Gasteiger partial charge in [-0.2, -0.15) is 0 Å². The monoisotopic (exact) mass is 465 g/mol. The molecule has 182 valence electrons. The van der Waals surface area contributed by atoms with E-state index in [1.165, 1.54) is 12.5 Å². The maximum absolute atomic E-state index is 13.2. The van der Waals surface area contributed by atoms with Crippen LogP contribution in [0.1, 0.15) is 77.2 Å². The fraction of sp³-hybridized carbons (Fsp3) is 0.500. The molecule has 0 amide bonds. The fourth-order valence-corrected chi connectivity index (χ4v) is 4.65. The zero-order valence-corrected chi connectivity index (χ0v) is 20.3. The van der Waals surface area contributed by atoms with Crippen molar-refractivity contribution in [1.82, 2.24) is 4.98 Å². The van der Waals surface area contributed by atoms with E-state index in [-0.39, 0.29) is 34.0 Å². The standard InChI is InChI=1S/C28H35NO5/c1-19-24(16-23(28(32)33)14-8-4-5-10-21-13-9-15-29-17-21)26(31)27(20(2)25(19)30)34-18-22-11-6-3-7-12-22/h9,13,15-17,22H,3-8,10-12,14,18H2,1-2H3,(H,32,33)/b23-16+. The van der Waals surface area contributed by atoms with Gasteiger partial charge in [0.05, 0.1) is 6.61 Å². The number of rotatable bonds is 11.